The predicted molar refractivity (Wildman–Crippen MR) is 101 cm³/mol. The number of hydrogen-bond donors (Lipinski definition) is 1. The van der Waals surface area contributed by atoms with Crippen LogP contribution in [0.25, 0.3) is 0 Å². The third-order valence-electron chi connectivity index (χ3n) is 4.45. The number of piperazine rings is 1. The molecular weight excluding hydrogens is 367 g/mol. The molecule has 8 heteroatoms. The monoisotopic (exact) mass is 390 g/mol. The summed E-state index contributed by atoms with van der Waals surface area (Å²) in [7, 11) is 4.46. The van der Waals surface area contributed by atoms with E-state index in [1.165, 1.54) is 33.5 Å². The molecule has 7 nitrogen and oxygen atoms in total. The van der Waals surface area contributed by atoms with Crippen molar-refractivity contribution in [3.63, 3.8) is 0 Å². The lowest BCUT2D eigenvalue weighted by Crippen LogP contribution is -2.46. The Morgan fingerprint density at radius 1 is 0.964 bits per heavy atom. The van der Waals surface area contributed by atoms with Crippen molar-refractivity contribution in [3.8, 4) is 28.7 Å². The Morgan fingerprint density at radius 3 is 2.14 bits per heavy atom. The topological polar surface area (TPSA) is 69.3 Å². The lowest BCUT2D eigenvalue weighted by molar-refractivity contribution is 0.0735. The molecule has 1 N–H and O–H groups in total. The minimum atomic E-state index is -0.630. The number of ether oxygens (including phenoxy) is 4. The number of carbonyl (C=O) groups excluding carboxylic acids is 1. The van der Waals surface area contributed by atoms with Crippen LogP contribution in [0, 0.1) is 5.82 Å². The van der Waals surface area contributed by atoms with E-state index in [1.807, 2.05) is 0 Å². The summed E-state index contributed by atoms with van der Waals surface area (Å²) in [6.07, 6.45) is 0. The van der Waals surface area contributed by atoms with Crippen molar-refractivity contribution in [2.45, 2.75) is 0 Å². The SMILES string of the molecule is COc1cc(Oc2ccc(C(=O)N3CCNCC3)cc2F)cc(OC)c1OC. The van der Waals surface area contributed by atoms with Crippen LogP contribution >= 0.6 is 0 Å². The summed E-state index contributed by atoms with van der Waals surface area (Å²) < 4.78 is 36.0. The summed E-state index contributed by atoms with van der Waals surface area (Å²) in [5, 5.41) is 3.18. The highest BCUT2D eigenvalue weighted by Crippen LogP contribution is 2.42. The van der Waals surface area contributed by atoms with E-state index in [1.54, 1.807) is 23.1 Å². The summed E-state index contributed by atoms with van der Waals surface area (Å²) >= 11 is 0. The van der Waals surface area contributed by atoms with Crippen LogP contribution in [0.4, 0.5) is 4.39 Å². The van der Waals surface area contributed by atoms with Crippen LogP contribution in [-0.2, 0) is 0 Å². The molecule has 1 saturated heterocycles. The highest BCUT2D eigenvalue weighted by molar-refractivity contribution is 5.94. The molecule has 0 saturated carbocycles. The number of halogens is 1. The molecule has 0 aliphatic carbocycles. The molecule has 0 aromatic heterocycles. The van der Waals surface area contributed by atoms with Crippen LogP contribution < -0.4 is 24.3 Å². The molecule has 2 aromatic rings. The first kappa shape index (κ1) is 19.8. The molecule has 0 bridgehead atoms. The molecule has 150 valence electrons. The number of methoxy groups -OCH3 is 3. The molecule has 0 radical (unpaired) electrons. The van der Waals surface area contributed by atoms with Gasteiger partial charge < -0.3 is 29.2 Å². The van der Waals surface area contributed by atoms with Gasteiger partial charge in [-0.2, -0.15) is 0 Å². The van der Waals surface area contributed by atoms with Crippen molar-refractivity contribution in [2.24, 2.45) is 0 Å². The molecule has 1 fully saturated rings. The number of carbonyl (C=O) groups is 1. The fraction of sp³-hybridized carbons (Fsp3) is 0.350. The first-order valence-corrected chi connectivity index (χ1v) is 8.84. The van der Waals surface area contributed by atoms with Gasteiger partial charge in [0.25, 0.3) is 5.91 Å². The number of benzene rings is 2. The minimum Gasteiger partial charge on any atom is -0.493 e. The molecule has 28 heavy (non-hydrogen) atoms. The fourth-order valence-corrected chi connectivity index (χ4v) is 3.01. The van der Waals surface area contributed by atoms with E-state index in [2.05, 4.69) is 5.32 Å². The normalized spacial score (nSPS) is 13.8. The Kier molecular flexibility index (Phi) is 6.20. The number of nitrogens with zero attached hydrogens (tertiary/aromatic N) is 1. The fourth-order valence-electron chi connectivity index (χ4n) is 3.01. The quantitative estimate of drug-likeness (QED) is 0.818. The third kappa shape index (κ3) is 4.12. The van der Waals surface area contributed by atoms with Crippen molar-refractivity contribution in [3.05, 3.63) is 41.7 Å². The van der Waals surface area contributed by atoms with Crippen LogP contribution in [-0.4, -0.2) is 58.3 Å². The standard InChI is InChI=1S/C20H23FN2O5/c1-25-17-11-14(12-18(26-2)19(17)27-3)28-16-5-4-13(10-15(16)21)20(24)23-8-6-22-7-9-23/h4-5,10-12,22H,6-9H2,1-3H3. The van der Waals surface area contributed by atoms with Gasteiger partial charge in [0.2, 0.25) is 5.75 Å². The Hall–Kier alpha value is -3.00. The van der Waals surface area contributed by atoms with Crippen molar-refractivity contribution < 1.29 is 28.1 Å². The van der Waals surface area contributed by atoms with Gasteiger partial charge in [-0.1, -0.05) is 0 Å². The summed E-state index contributed by atoms with van der Waals surface area (Å²) in [5.41, 5.74) is 0.289. The van der Waals surface area contributed by atoms with Crippen LogP contribution in [0.5, 0.6) is 28.7 Å². The van der Waals surface area contributed by atoms with E-state index in [4.69, 9.17) is 18.9 Å². The van der Waals surface area contributed by atoms with Crippen molar-refractivity contribution in [1.29, 1.82) is 0 Å². The van der Waals surface area contributed by atoms with Crippen LogP contribution in [0.2, 0.25) is 0 Å². The molecule has 0 atom stereocenters. The van der Waals surface area contributed by atoms with Crippen LogP contribution in [0.3, 0.4) is 0 Å². The van der Waals surface area contributed by atoms with Gasteiger partial charge in [0.05, 0.1) is 21.3 Å². The highest BCUT2D eigenvalue weighted by Gasteiger charge is 2.20. The molecule has 0 spiro atoms. The van der Waals surface area contributed by atoms with Crippen molar-refractivity contribution in [2.75, 3.05) is 47.5 Å². The van der Waals surface area contributed by atoms with Gasteiger partial charge >= 0.3 is 0 Å². The summed E-state index contributed by atoms with van der Waals surface area (Å²) in [6.45, 7) is 2.67. The second-order valence-corrected chi connectivity index (χ2v) is 6.15. The van der Waals surface area contributed by atoms with Crippen molar-refractivity contribution in [1.82, 2.24) is 10.2 Å². The first-order valence-electron chi connectivity index (χ1n) is 8.84. The largest absolute Gasteiger partial charge is 0.493 e. The second-order valence-electron chi connectivity index (χ2n) is 6.15. The Labute approximate surface area is 162 Å². The number of amides is 1. The average Bonchev–Trinajstić information content (AvgIpc) is 2.74. The van der Waals surface area contributed by atoms with Gasteiger partial charge in [-0.3, -0.25) is 4.79 Å². The Bertz CT molecular complexity index is 827. The van der Waals surface area contributed by atoms with Crippen LogP contribution in [0.1, 0.15) is 10.4 Å². The third-order valence-corrected chi connectivity index (χ3v) is 4.45. The van der Waals surface area contributed by atoms with Gasteiger partial charge in [0.1, 0.15) is 5.75 Å². The van der Waals surface area contributed by atoms with Gasteiger partial charge in [-0.25, -0.2) is 4.39 Å². The number of hydrogen-bond acceptors (Lipinski definition) is 6. The van der Waals surface area contributed by atoms with E-state index in [-0.39, 0.29) is 17.2 Å². The lowest BCUT2D eigenvalue weighted by atomic mass is 10.1. The number of rotatable bonds is 6. The first-order chi connectivity index (χ1) is 13.6. The molecule has 3 rings (SSSR count). The van der Waals surface area contributed by atoms with Crippen molar-refractivity contribution >= 4 is 5.91 Å². The molecule has 2 aromatic carbocycles. The molecule has 0 unspecified atom stereocenters. The van der Waals surface area contributed by atoms with E-state index in [0.29, 0.717) is 36.1 Å². The van der Waals surface area contributed by atoms with Gasteiger partial charge in [-0.15, -0.1) is 0 Å². The summed E-state index contributed by atoms with van der Waals surface area (Å²) in [6, 6.07) is 7.33. The maximum atomic E-state index is 14.6. The van der Waals surface area contributed by atoms with Gasteiger partial charge in [0.15, 0.2) is 23.1 Å². The minimum absolute atomic E-state index is 0.00821. The Morgan fingerprint density at radius 2 is 1.61 bits per heavy atom. The highest BCUT2D eigenvalue weighted by atomic mass is 19.1. The van der Waals surface area contributed by atoms with Crippen LogP contribution in [0.15, 0.2) is 30.3 Å². The van der Waals surface area contributed by atoms with E-state index < -0.39 is 5.82 Å². The maximum absolute atomic E-state index is 14.6. The van der Waals surface area contributed by atoms with Gasteiger partial charge in [-0.05, 0) is 18.2 Å². The van der Waals surface area contributed by atoms with E-state index >= 15 is 0 Å². The molecule has 1 amide bonds. The maximum Gasteiger partial charge on any atom is 0.254 e. The molecular formula is C20H23FN2O5. The van der Waals surface area contributed by atoms with Gasteiger partial charge in [0, 0.05) is 43.9 Å². The predicted octanol–water partition coefficient (Wildman–Crippen LogP) is 2.69. The number of nitrogens with one attached hydrogen (secondary N) is 1. The zero-order valence-electron chi connectivity index (χ0n) is 16.1. The lowest BCUT2D eigenvalue weighted by Gasteiger charge is -2.27. The Balaban J connectivity index is 1.82. The zero-order chi connectivity index (χ0) is 20.1. The molecule has 1 aliphatic heterocycles. The summed E-state index contributed by atoms with van der Waals surface area (Å²) in [4.78, 5) is 14.2. The average molecular weight is 390 g/mol. The molecule has 1 heterocycles. The second kappa shape index (κ2) is 8.79. The zero-order valence-corrected chi connectivity index (χ0v) is 16.1. The smallest absolute Gasteiger partial charge is 0.254 e. The van der Waals surface area contributed by atoms with E-state index in [9.17, 15) is 9.18 Å². The molecule has 1 aliphatic rings. The van der Waals surface area contributed by atoms with E-state index in [0.717, 1.165) is 13.1 Å². The summed E-state index contributed by atoms with van der Waals surface area (Å²) in [5.74, 6) is 0.676.